The summed E-state index contributed by atoms with van der Waals surface area (Å²) in [4.78, 5) is 16.6. The average Bonchev–Trinajstić information content (AvgIpc) is 2.99. The zero-order valence-corrected chi connectivity index (χ0v) is 14.0. The molecule has 1 saturated carbocycles. The number of amides is 1. The van der Waals surface area contributed by atoms with E-state index in [1.807, 2.05) is 4.57 Å². The zero-order valence-electron chi connectivity index (χ0n) is 14.0. The third-order valence-corrected chi connectivity index (χ3v) is 4.92. The van der Waals surface area contributed by atoms with Gasteiger partial charge in [-0.25, -0.2) is 18.2 Å². The van der Waals surface area contributed by atoms with Gasteiger partial charge in [0.15, 0.2) is 11.6 Å². The molecule has 1 fully saturated rings. The number of hydrogen-bond acceptors (Lipinski definition) is 3. The van der Waals surface area contributed by atoms with E-state index in [0.717, 1.165) is 6.07 Å². The summed E-state index contributed by atoms with van der Waals surface area (Å²) in [5.74, 6) is -3.67. The maximum Gasteiger partial charge on any atom is 0.251 e. The van der Waals surface area contributed by atoms with E-state index in [9.17, 15) is 18.0 Å². The van der Waals surface area contributed by atoms with Gasteiger partial charge in [-0.15, -0.1) is 0 Å². The van der Waals surface area contributed by atoms with Crippen LogP contribution >= 0.6 is 0 Å². The molecule has 0 bridgehead atoms. The summed E-state index contributed by atoms with van der Waals surface area (Å²) in [6.45, 7) is 0.830. The van der Waals surface area contributed by atoms with Crippen LogP contribution < -0.4 is 10.1 Å². The number of alkyl halides is 2. The van der Waals surface area contributed by atoms with E-state index in [-0.39, 0.29) is 43.0 Å². The monoisotopic (exact) mass is 365 g/mol. The van der Waals surface area contributed by atoms with Gasteiger partial charge in [0.2, 0.25) is 5.92 Å². The second kappa shape index (κ2) is 6.34. The molecule has 1 aliphatic heterocycles. The SMILES string of the molecule is O=C(NC1CCC(F)(F)CC1)c1cc(F)c2c(c1)-c1cncn1CCO2. The molecule has 8 heteroatoms. The van der Waals surface area contributed by atoms with Crippen LogP contribution in [0.1, 0.15) is 36.0 Å². The van der Waals surface area contributed by atoms with Crippen molar-refractivity contribution in [3.05, 3.63) is 36.0 Å². The smallest absolute Gasteiger partial charge is 0.251 e. The lowest BCUT2D eigenvalue weighted by Gasteiger charge is -2.28. The number of carbonyl (C=O) groups excluding carboxylic acids is 1. The van der Waals surface area contributed by atoms with E-state index in [1.165, 1.54) is 0 Å². The second-order valence-corrected chi connectivity index (χ2v) is 6.76. The number of rotatable bonds is 2. The minimum atomic E-state index is -2.66. The Morgan fingerprint density at radius 3 is 2.85 bits per heavy atom. The predicted octanol–water partition coefficient (Wildman–Crippen LogP) is 3.39. The van der Waals surface area contributed by atoms with E-state index in [1.54, 1.807) is 18.6 Å². The lowest BCUT2D eigenvalue weighted by Crippen LogP contribution is -2.40. The van der Waals surface area contributed by atoms with E-state index in [4.69, 9.17) is 4.74 Å². The Labute approximate surface area is 148 Å². The molecule has 2 aliphatic rings. The number of aromatic nitrogens is 2. The molecule has 0 saturated heterocycles. The summed E-state index contributed by atoms with van der Waals surface area (Å²) in [7, 11) is 0. The number of hydrogen-bond donors (Lipinski definition) is 1. The van der Waals surface area contributed by atoms with Gasteiger partial charge in [0.05, 0.1) is 24.8 Å². The van der Waals surface area contributed by atoms with Crippen LogP contribution in [0.25, 0.3) is 11.3 Å². The quantitative estimate of drug-likeness (QED) is 0.888. The summed E-state index contributed by atoms with van der Waals surface area (Å²) in [5, 5.41) is 2.74. The summed E-state index contributed by atoms with van der Waals surface area (Å²) >= 11 is 0. The predicted molar refractivity (Wildman–Crippen MR) is 87.8 cm³/mol. The number of imidazole rings is 1. The molecule has 138 valence electrons. The van der Waals surface area contributed by atoms with Gasteiger partial charge in [-0.05, 0) is 25.0 Å². The minimum absolute atomic E-state index is 0.0955. The molecule has 1 aromatic carbocycles. The largest absolute Gasteiger partial charge is 0.488 e. The summed E-state index contributed by atoms with van der Waals surface area (Å²) in [5.41, 5.74) is 1.26. The van der Waals surface area contributed by atoms with Crippen molar-refractivity contribution >= 4 is 5.91 Å². The molecule has 0 spiro atoms. The normalized spacial score (nSPS) is 19.0. The van der Waals surface area contributed by atoms with Crippen LogP contribution in [0, 0.1) is 5.82 Å². The number of ether oxygens (including phenoxy) is 1. The molecule has 2 aromatic rings. The summed E-state index contributed by atoms with van der Waals surface area (Å²) in [6, 6.07) is 2.35. The molecular formula is C18H18F3N3O2. The second-order valence-electron chi connectivity index (χ2n) is 6.76. The Morgan fingerprint density at radius 1 is 1.31 bits per heavy atom. The van der Waals surface area contributed by atoms with Crippen molar-refractivity contribution in [2.75, 3.05) is 6.61 Å². The molecule has 2 heterocycles. The Bertz CT molecular complexity index is 840. The van der Waals surface area contributed by atoms with Crippen LogP contribution in [-0.4, -0.2) is 34.0 Å². The zero-order chi connectivity index (χ0) is 18.3. The highest BCUT2D eigenvalue weighted by Crippen LogP contribution is 2.36. The first-order valence-corrected chi connectivity index (χ1v) is 8.58. The van der Waals surface area contributed by atoms with Crippen molar-refractivity contribution in [1.29, 1.82) is 0 Å². The van der Waals surface area contributed by atoms with Crippen LogP contribution in [0.4, 0.5) is 13.2 Å². The van der Waals surface area contributed by atoms with Crippen molar-refractivity contribution in [2.45, 2.75) is 44.2 Å². The molecule has 5 nitrogen and oxygen atoms in total. The molecule has 4 rings (SSSR count). The fourth-order valence-electron chi connectivity index (χ4n) is 3.48. The van der Waals surface area contributed by atoms with Gasteiger partial charge >= 0.3 is 0 Å². The number of carbonyl (C=O) groups is 1. The first-order chi connectivity index (χ1) is 12.4. The molecule has 0 unspecified atom stereocenters. The highest BCUT2D eigenvalue weighted by molar-refractivity contribution is 5.96. The van der Waals surface area contributed by atoms with Crippen LogP contribution in [0.5, 0.6) is 5.75 Å². The van der Waals surface area contributed by atoms with E-state index < -0.39 is 17.6 Å². The van der Waals surface area contributed by atoms with Gasteiger partial charge in [-0.3, -0.25) is 4.79 Å². The van der Waals surface area contributed by atoms with Crippen molar-refractivity contribution in [2.24, 2.45) is 0 Å². The third-order valence-electron chi connectivity index (χ3n) is 4.92. The molecule has 1 amide bonds. The maximum absolute atomic E-state index is 14.5. The Balaban J connectivity index is 1.59. The maximum atomic E-state index is 14.5. The van der Waals surface area contributed by atoms with Crippen molar-refractivity contribution in [3.8, 4) is 17.0 Å². The van der Waals surface area contributed by atoms with Crippen molar-refractivity contribution < 1.29 is 22.7 Å². The number of benzene rings is 1. The number of fused-ring (bicyclic) bond motifs is 3. The summed E-state index contributed by atoms with van der Waals surface area (Å²) in [6.07, 6.45) is 3.15. The fourth-order valence-corrected chi connectivity index (χ4v) is 3.48. The lowest BCUT2D eigenvalue weighted by molar-refractivity contribution is -0.0399. The van der Waals surface area contributed by atoms with Gasteiger partial charge in [-0.1, -0.05) is 0 Å². The minimum Gasteiger partial charge on any atom is -0.488 e. The molecule has 1 aliphatic carbocycles. The number of halogens is 3. The standard InChI is InChI=1S/C18H18F3N3O2/c19-14-8-11(17(25)23-12-1-3-18(20,21)4-2-12)7-13-15-9-22-10-24(15)5-6-26-16(13)14/h7-10,12H,1-6H2,(H,23,25). The van der Waals surface area contributed by atoms with Gasteiger partial charge in [-0.2, -0.15) is 0 Å². The first kappa shape index (κ1) is 16.9. The first-order valence-electron chi connectivity index (χ1n) is 8.58. The van der Waals surface area contributed by atoms with Crippen molar-refractivity contribution in [1.82, 2.24) is 14.9 Å². The van der Waals surface area contributed by atoms with Crippen LogP contribution in [0.3, 0.4) is 0 Å². The fraction of sp³-hybridized carbons (Fsp3) is 0.444. The van der Waals surface area contributed by atoms with Crippen LogP contribution in [-0.2, 0) is 6.54 Å². The van der Waals surface area contributed by atoms with E-state index >= 15 is 0 Å². The van der Waals surface area contributed by atoms with Crippen molar-refractivity contribution in [3.63, 3.8) is 0 Å². The van der Waals surface area contributed by atoms with Gasteiger partial charge in [0, 0.05) is 30.0 Å². The Hall–Kier alpha value is -2.51. The molecule has 0 atom stereocenters. The van der Waals surface area contributed by atoms with E-state index in [2.05, 4.69) is 10.3 Å². The molecular weight excluding hydrogens is 347 g/mol. The number of nitrogens with one attached hydrogen (secondary N) is 1. The average molecular weight is 365 g/mol. The molecule has 1 aromatic heterocycles. The number of nitrogens with zero attached hydrogens (tertiary/aromatic N) is 2. The Kier molecular flexibility index (Phi) is 4.13. The van der Waals surface area contributed by atoms with Gasteiger partial charge in [0.25, 0.3) is 5.91 Å². The van der Waals surface area contributed by atoms with Gasteiger partial charge in [0.1, 0.15) is 6.61 Å². The van der Waals surface area contributed by atoms with Gasteiger partial charge < -0.3 is 14.6 Å². The summed E-state index contributed by atoms with van der Waals surface area (Å²) < 4.78 is 48.3. The molecule has 1 N–H and O–H groups in total. The highest BCUT2D eigenvalue weighted by atomic mass is 19.3. The van der Waals surface area contributed by atoms with Crippen LogP contribution in [0.15, 0.2) is 24.7 Å². The third kappa shape index (κ3) is 3.15. The van der Waals surface area contributed by atoms with E-state index in [0.29, 0.717) is 24.4 Å². The highest BCUT2D eigenvalue weighted by Gasteiger charge is 2.35. The lowest BCUT2D eigenvalue weighted by atomic mass is 9.92. The topological polar surface area (TPSA) is 56.2 Å². The molecule has 26 heavy (non-hydrogen) atoms. The van der Waals surface area contributed by atoms with Crippen LogP contribution in [0.2, 0.25) is 0 Å². The Morgan fingerprint density at radius 2 is 2.08 bits per heavy atom. The molecule has 0 radical (unpaired) electrons.